The van der Waals surface area contributed by atoms with E-state index < -0.39 is 0 Å². The average Bonchev–Trinajstić information content (AvgIpc) is 2.77. The van der Waals surface area contributed by atoms with Crippen molar-refractivity contribution in [1.29, 1.82) is 0 Å². The second-order valence-corrected chi connectivity index (χ2v) is 6.05. The molecule has 4 nitrogen and oxygen atoms in total. The summed E-state index contributed by atoms with van der Waals surface area (Å²) in [4.78, 5) is 11.9. The molecule has 3 N–H and O–H groups in total. The Morgan fingerprint density at radius 1 is 1.42 bits per heavy atom. The monoisotopic (exact) mass is 270 g/mol. The van der Waals surface area contributed by atoms with Gasteiger partial charge < -0.3 is 15.8 Å². The van der Waals surface area contributed by atoms with Gasteiger partial charge in [-0.25, -0.2) is 0 Å². The molecule has 1 saturated heterocycles. The number of carbonyl (C=O) groups is 1. The van der Waals surface area contributed by atoms with Crippen molar-refractivity contribution in [2.75, 3.05) is 19.7 Å². The molecular weight excluding hydrogens is 240 g/mol. The van der Waals surface area contributed by atoms with Crippen LogP contribution in [0.3, 0.4) is 0 Å². The minimum Gasteiger partial charge on any atom is -0.378 e. The van der Waals surface area contributed by atoms with Crippen LogP contribution in [0, 0.1) is 17.8 Å². The van der Waals surface area contributed by atoms with E-state index in [0.29, 0.717) is 30.7 Å². The largest absolute Gasteiger partial charge is 0.378 e. The summed E-state index contributed by atoms with van der Waals surface area (Å²) in [5.41, 5.74) is 5.62. The summed E-state index contributed by atoms with van der Waals surface area (Å²) < 4.78 is 5.49. The summed E-state index contributed by atoms with van der Waals surface area (Å²) >= 11 is 0. The van der Waals surface area contributed by atoms with Gasteiger partial charge in [0, 0.05) is 25.5 Å². The fourth-order valence-electron chi connectivity index (χ4n) is 2.72. The zero-order chi connectivity index (χ0) is 14.3. The van der Waals surface area contributed by atoms with Crippen molar-refractivity contribution in [2.24, 2.45) is 23.5 Å². The molecule has 1 rings (SSSR count). The number of rotatable bonds is 8. The van der Waals surface area contributed by atoms with Crippen LogP contribution in [0.1, 0.15) is 46.5 Å². The van der Waals surface area contributed by atoms with E-state index in [0.717, 1.165) is 32.4 Å². The first-order valence-electron chi connectivity index (χ1n) is 7.63. The maximum Gasteiger partial charge on any atom is 0.220 e. The van der Waals surface area contributed by atoms with Gasteiger partial charge in [-0.15, -0.1) is 0 Å². The summed E-state index contributed by atoms with van der Waals surface area (Å²) in [6, 6.07) is 0. The molecule has 4 heteroatoms. The van der Waals surface area contributed by atoms with E-state index in [1.165, 1.54) is 0 Å². The molecular formula is C15H30N2O2. The number of nitrogens with two attached hydrogens (primary N) is 1. The third-order valence-corrected chi connectivity index (χ3v) is 4.32. The van der Waals surface area contributed by atoms with Crippen LogP contribution in [-0.4, -0.2) is 31.7 Å². The minimum atomic E-state index is 0.168. The van der Waals surface area contributed by atoms with Crippen LogP contribution >= 0.6 is 0 Å². The molecule has 112 valence electrons. The summed E-state index contributed by atoms with van der Waals surface area (Å²) in [6.07, 6.45) is 3.91. The first-order chi connectivity index (χ1) is 9.04. The molecule has 1 aliphatic rings. The fraction of sp³-hybridized carbons (Fsp3) is 0.933. The molecule has 0 aliphatic carbocycles. The van der Waals surface area contributed by atoms with E-state index in [9.17, 15) is 4.79 Å². The first-order valence-corrected chi connectivity index (χ1v) is 7.63. The number of hydrogen-bond donors (Lipinski definition) is 2. The van der Waals surface area contributed by atoms with E-state index in [-0.39, 0.29) is 12.0 Å². The van der Waals surface area contributed by atoms with E-state index in [2.05, 4.69) is 26.1 Å². The molecule has 0 aromatic rings. The Bertz CT molecular complexity index is 269. The van der Waals surface area contributed by atoms with Crippen molar-refractivity contribution in [2.45, 2.75) is 52.6 Å². The lowest BCUT2D eigenvalue weighted by Crippen LogP contribution is -2.32. The molecule has 1 heterocycles. The number of amides is 1. The Kier molecular flexibility index (Phi) is 7.39. The van der Waals surface area contributed by atoms with Gasteiger partial charge in [-0.3, -0.25) is 4.79 Å². The standard InChI is InChI=1S/C15H30N2O2/c1-11(2)13(6-8-16)4-5-15(18)17-10-14-7-9-19-12(14)3/h11-14H,4-10,16H2,1-3H3,(H,17,18). The van der Waals surface area contributed by atoms with Crippen LogP contribution in [0.15, 0.2) is 0 Å². The van der Waals surface area contributed by atoms with Gasteiger partial charge >= 0.3 is 0 Å². The van der Waals surface area contributed by atoms with Crippen molar-refractivity contribution >= 4 is 5.91 Å². The SMILES string of the molecule is CC(C)C(CCN)CCC(=O)NCC1CCOC1C. The molecule has 0 aromatic carbocycles. The van der Waals surface area contributed by atoms with E-state index in [1.807, 2.05) is 0 Å². The molecule has 3 unspecified atom stereocenters. The Morgan fingerprint density at radius 3 is 2.68 bits per heavy atom. The Hall–Kier alpha value is -0.610. The lowest BCUT2D eigenvalue weighted by molar-refractivity contribution is -0.121. The molecule has 1 amide bonds. The second-order valence-electron chi connectivity index (χ2n) is 6.05. The first kappa shape index (κ1) is 16.4. The second kappa shape index (κ2) is 8.54. The highest BCUT2D eigenvalue weighted by molar-refractivity contribution is 5.75. The maximum absolute atomic E-state index is 11.9. The number of carbonyl (C=O) groups excluding carboxylic acids is 1. The van der Waals surface area contributed by atoms with Gasteiger partial charge in [0.15, 0.2) is 0 Å². The number of ether oxygens (including phenoxy) is 1. The minimum absolute atomic E-state index is 0.168. The normalized spacial score (nSPS) is 24.7. The van der Waals surface area contributed by atoms with Crippen LogP contribution in [0.4, 0.5) is 0 Å². The highest BCUT2D eigenvalue weighted by Gasteiger charge is 2.24. The Morgan fingerprint density at radius 2 is 2.16 bits per heavy atom. The predicted octanol–water partition coefficient (Wildman–Crippen LogP) is 1.93. The lowest BCUT2D eigenvalue weighted by atomic mass is 9.88. The molecule has 0 aromatic heterocycles. The van der Waals surface area contributed by atoms with Crippen molar-refractivity contribution in [3.8, 4) is 0 Å². The number of hydrogen-bond acceptors (Lipinski definition) is 3. The van der Waals surface area contributed by atoms with Gasteiger partial charge in [-0.1, -0.05) is 13.8 Å². The van der Waals surface area contributed by atoms with Gasteiger partial charge in [-0.05, 0) is 44.6 Å². The van der Waals surface area contributed by atoms with Crippen LogP contribution < -0.4 is 11.1 Å². The topological polar surface area (TPSA) is 64.4 Å². The van der Waals surface area contributed by atoms with Crippen molar-refractivity contribution in [1.82, 2.24) is 5.32 Å². The summed E-state index contributed by atoms with van der Waals surface area (Å²) in [5, 5.41) is 3.04. The third-order valence-electron chi connectivity index (χ3n) is 4.32. The van der Waals surface area contributed by atoms with Crippen LogP contribution in [0.25, 0.3) is 0 Å². The van der Waals surface area contributed by atoms with Crippen LogP contribution in [0.5, 0.6) is 0 Å². The van der Waals surface area contributed by atoms with Crippen LogP contribution in [-0.2, 0) is 9.53 Å². The zero-order valence-electron chi connectivity index (χ0n) is 12.7. The van der Waals surface area contributed by atoms with E-state index in [1.54, 1.807) is 0 Å². The molecule has 0 radical (unpaired) electrons. The van der Waals surface area contributed by atoms with Gasteiger partial charge in [-0.2, -0.15) is 0 Å². The molecule has 1 aliphatic heterocycles. The Balaban J connectivity index is 2.19. The Labute approximate surface area is 117 Å². The zero-order valence-corrected chi connectivity index (χ0v) is 12.7. The third kappa shape index (κ3) is 5.91. The van der Waals surface area contributed by atoms with Gasteiger partial charge in [0.2, 0.25) is 5.91 Å². The number of nitrogens with one attached hydrogen (secondary N) is 1. The summed E-state index contributed by atoms with van der Waals surface area (Å²) in [5.74, 6) is 1.81. The fourth-order valence-corrected chi connectivity index (χ4v) is 2.72. The van der Waals surface area contributed by atoms with Gasteiger partial charge in [0.25, 0.3) is 0 Å². The van der Waals surface area contributed by atoms with Crippen molar-refractivity contribution in [3.05, 3.63) is 0 Å². The van der Waals surface area contributed by atoms with Crippen molar-refractivity contribution in [3.63, 3.8) is 0 Å². The van der Waals surface area contributed by atoms with Crippen molar-refractivity contribution < 1.29 is 9.53 Å². The average molecular weight is 270 g/mol. The molecule has 0 saturated carbocycles. The molecule has 1 fully saturated rings. The predicted molar refractivity (Wildman–Crippen MR) is 77.8 cm³/mol. The molecule has 3 atom stereocenters. The van der Waals surface area contributed by atoms with E-state index >= 15 is 0 Å². The lowest BCUT2D eigenvalue weighted by Gasteiger charge is -2.20. The smallest absolute Gasteiger partial charge is 0.220 e. The highest BCUT2D eigenvalue weighted by atomic mass is 16.5. The van der Waals surface area contributed by atoms with E-state index in [4.69, 9.17) is 10.5 Å². The van der Waals surface area contributed by atoms with Crippen LogP contribution in [0.2, 0.25) is 0 Å². The molecule has 19 heavy (non-hydrogen) atoms. The molecule has 0 spiro atoms. The molecule has 0 bridgehead atoms. The quantitative estimate of drug-likeness (QED) is 0.708. The highest BCUT2D eigenvalue weighted by Crippen LogP contribution is 2.21. The van der Waals surface area contributed by atoms with Gasteiger partial charge in [0.05, 0.1) is 6.10 Å². The maximum atomic E-state index is 11.9. The summed E-state index contributed by atoms with van der Waals surface area (Å²) in [6.45, 7) is 8.78. The van der Waals surface area contributed by atoms with Gasteiger partial charge in [0.1, 0.15) is 0 Å². The summed E-state index contributed by atoms with van der Waals surface area (Å²) in [7, 11) is 0.